The predicted octanol–water partition coefficient (Wildman–Crippen LogP) is 2.42. The van der Waals surface area contributed by atoms with Crippen molar-refractivity contribution >= 4 is 42.3 Å². The Morgan fingerprint density at radius 3 is 2.24 bits per heavy atom. The molecule has 4 rings (SSSR count). The van der Waals surface area contributed by atoms with Crippen LogP contribution in [0.15, 0.2) is 24.3 Å². The van der Waals surface area contributed by atoms with Gasteiger partial charge in [-0.3, -0.25) is 14.5 Å². The number of piperidine rings is 1. The second kappa shape index (κ2) is 11.4. The van der Waals surface area contributed by atoms with Crippen molar-refractivity contribution in [3.05, 3.63) is 30.1 Å². The number of nitrogens with two attached hydrogens (primary N) is 1. The minimum atomic E-state index is -0.869. The minimum Gasteiger partial charge on any atom is -0.369 e. The lowest BCUT2D eigenvalue weighted by molar-refractivity contribution is -0.141. The second-order valence-electron chi connectivity index (χ2n) is 10.3. The van der Waals surface area contributed by atoms with E-state index in [0.29, 0.717) is 25.9 Å². The number of anilines is 1. The molecule has 1 aromatic rings. The van der Waals surface area contributed by atoms with Gasteiger partial charge in [0.05, 0.1) is 11.0 Å². The van der Waals surface area contributed by atoms with Crippen LogP contribution in [0.1, 0.15) is 39.5 Å². The van der Waals surface area contributed by atoms with Gasteiger partial charge in [-0.1, -0.05) is 0 Å². The van der Waals surface area contributed by atoms with Crippen molar-refractivity contribution in [1.82, 2.24) is 15.1 Å². The zero-order valence-electron chi connectivity index (χ0n) is 20.1. The molecule has 0 unspecified atom stereocenters. The van der Waals surface area contributed by atoms with Crippen molar-refractivity contribution < 1.29 is 14.0 Å². The summed E-state index contributed by atoms with van der Waals surface area (Å²) in [7, 11) is 0. The number of amides is 2. The van der Waals surface area contributed by atoms with Gasteiger partial charge in [-0.15, -0.1) is 24.8 Å². The first-order chi connectivity index (χ1) is 15.2. The van der Waals surface area contributed by atoms with Crippen LogP contribution in [0, 0.1) is 11.2 Å². The summed E-state index contributed by atoms with van der Waals surface area (Å²) in [6, 6.07) is 6.90. The maximum atomic E-state index is 13.1. The Bertz CT molecular complexity index is 833. The standard InChI is InChI=1S/C24H36FN5O2.2ClH/c1-23(2,26)22(32)30-11-8-24(9-12-30)17-19(27-21(24)31)7-10-28-13-15-29(16-14-28)20-5-3-18(25)4-6-20;;/h3-6,19H,7-17,26H2,1-2H3,(H,27,31);2*1H/t19-;;/m0../s1. The van der Waals surface area contributed by atoms with Crippen molar-refractivity contribution in [2.24, 2.45) is 11.1 Å². The molecule has 0 aliphatic carbocycles. The lowest BCUT2D eigenvalue weighted by Crippen LogP contribution is -2.55. The molecule has 3 fully saturated rings. The largest absolute Gasteiger partial charge is 0.369 e. The molecule has 3 N–H and O–H groups in total. The van der Waals surface area contributed by atoms with E-state index in [0.717, 1.165) is 51.3 Å². The Kier molecular flexibility index (Phi) is 9.61. The summed E-state index contributed by atoms with van der Waals surface area (Å²) in [5.74, 6) is -0.0888. The lowest BCUT2D eigenvalue weighted by Gasteiger charge is -2.39. The van der Waals surface area contributed by atoms with E-state index in [9.17, 15) is 14.0 Å². The number of halogens is 3. The van der Waals surface area contributed by atoms with E-state index in [2.05, 4.69) is 15.1 Å². The third-order valence-corrected chi connectivity index (χ3v) is 7.37. The molecule has 3 saturated heterocycles. The number of hydrogen-bond acceptors (Lipinski definition) is 5. The van der Waals surface area contributed by atoms with E-state index in [-0.39, 0.29) is 53.9 Å². The third kappa shape index (κ3) is 6.33. The van der Waals surface area contributed by atoms with Crippen LogP contribution in [0.25, 0.3) is 0 Å². The fourth-order valence-electron chi connectivity index (χ4n) is 5.32. The van der Waals surface area contributed by atoms with Gasteiger partial charge in [-0.05, 0) is 63.8 Å². The van der Waals surface area contributed by atoms with Crippen LogP contribution in [0.3, 0.4) is 0 Å². The molecule has 1 atom stereocenters. The van der Waals surface area contributed by atoms with E-state index >= 15 is 0 Å². The first-order valence-electron chi connectivity index (χ1n) is 11.8. The highest BCUT2D eigenvalue weighted by molar-refractivity contribution is 5.87. The molecule has 1 aromatic carbocycles. The summed E-state index contributed by atoms with van der Waals surface area (Å²) in [4.78, 5) is 31.8. The molecule has 34 heavy (non-hydrogen) atoms. The minimum absolute atomic E-state index is 0. The van der Waals surface area contributed by atoms with E-state index in [1.807, 2.05) is 17.0 Å². The molecular formula is C24H38Cl2FN5O2. The molecule has 0 radical (unpaired) electrons. The first-order valence-corrected chi connectivity index (χ1v) is 11.8. The molecule has 0 saturated carbocycles. The SMILES string of the molecule is CC(C)(N)C(=O)N1CCC2(CC1)C[C@H](CCN1CCN(c3ccc(F)cc3)CC1)NC2=O.Cl.Cl. The molecule has 1 spiro atoms. The van der Waals surface area contributed by atoms with E-state index in [1.54, 1.807) is 13.8 Å². The molecule has 3 aliphatic heterocycles. The first kappa shape index (κ1) is 28.6. The number of likely N-dealkylation sites (tertiary alicyclic amines) is 1. The van der Waals surface area contributed by atoms with Gasteiger partial charge < -0.3 is 20.9 Å². The summed E-state index contributed by atoms with van der Waals surface area (Å²) in [6.07, 6.45) is 3.24. The Morgan fingerprint density at radius 2 is 1.68 bits per heavy atom. The quantitative estimate of drug-likeness (QED) is 0.626. The van der Waals surface area contributed by atoms with Gasteiger partial charge in [0.25, 0.3) is 0 Å². The van der Waals surface area contributed by atoms with Gasteiger partial charge >= 0.3 is 0 Å². The van der Waals surface area contributed by atoms with E-state index in [1.165, 1.54) is 12.1 Å². The van der Waals surface area contributed by atoms with Gasteiger partial charge in [0, 0.05) is 57.5 Å². The normalized spacial score (nSPS) is 22.7. The number of nitrogens with one attached hydrogen (secondary N) is 1. The van der Waals surface area contributed by atoms with Gasteiger partial charge in [-0.25, -0.2) is 4.39 Å². The number of hydrogen-bond donors (Lipinski definition) is 2. The number of carbonyl (C=O) groups is 2. The van der Waals surface area contributed by atoms with Crippen LogP contribution in [-0.2, 0) is 9.59 Å². The van der Waals surface area contributed by atoms with Crippen LogP contribution >= 0.6 is 24.8 Å². The molecule has 0 aromatic heterocycles. The van der Waals surface area contributed by atoms with Crippen molar-refractivity contribution in [3.63, 3.8) is 0 Å². The molecule has 3 aliphatic rings. The van der Waals surface area contributed by atoms with Crippen molar-refractivity contribution in [2.45, 2.75) is 51.1 Å². The summed E-state index contributed by atoms with van der Waals surface area (Å²) in [5.41, 5.74) is 5.84. The topological polar surface area (TPSA) is 81.9 Å². The summed E-state index contributed by atoms with van der Waals surface area (Å²) < 4.78 is 13.1. The number of rotatable bonds is 5. The summed E-state index contributed by atoms with van der Waals surface area (Å²) >= 11 is 0. The number of nitrogens with zero attached hydrogens (tertiary/aromatic N) is 3. The Morgan fingerprint density at radius 1 is 1.09 bits per heavy atom. The average Bonchev–Trinajstić information content (AvgIpc) is 3.07. The van der Waals surface area contributed by atoms with E-state index < -0.39 is 5.54 Å². The highest BCUT2D eigenvalue weighted by atomic mass is 35.5. The van der Waals surface area contributed by atoms with Gasteiger partial charge in [0.15, 0.2) is 0 Å². The molecular weight excluding hydrogens is 480 g/mol. The van der Waals surface area contributed by atoms with Gasteiger partial charge in [0.2, 0.25) is 11.8 Å². The van der Waals surface area contributed by atoms with Crippen LogP contribution in [0.4, 0.5) is 10.1 Å². The highest BCUT2D eigenvalue weighted by Crippen LogP contribution is 2.41. The molecule has 2 amide bonds. The molecule has 192 valence electrons. The van der Waals surface area contributed by atoms with Crippen molar-refractivity contribution in [1.29, 1.82) is 0 Å². The Hall–Kier alpha value is -1.61. The zero-order chi connectivity index (χ0) is 22.9. The maximum Gasteiger partial charge on any atom is 0.242 e. The number of piperazine rings is 1. The van der Waals surface area contributed by atoms with Crippen LogP contribution < -0.4 is 16.0 Å². The fourth-order valence-corrected chi connectivity index (χ4v) is 5.32. The smallest absolute Gasteiger partial charge is 0.242 e. The summed E-state index contributed by atoms with van der Waals surface area (Å²) in [5, 5.41) is 3.23. The predicted molar refractivity (Wildman–Crippen MR) is 137 cm³/mol. The number of carbonyl (C=O) groups excluding carboxylic acids is 2. The maximum absolute atomic E-state index is 13.1. The summed E-state index contributed by atoms with van der Waals surface area (Å²) in [6.45, 7) is 9.42. The molecule has 3 heterocycles. The van der Waals surface area contributed by atoms with Crippen molar-refractivity contribution in [3.8, 4) is 0 Å². The Labute approximate surface area is 214 Å². The van der Waals surface area contributed by atoms with Gasteiger partial charge in [0.1, 0.15) is 5.82 Å². The van der Waals surface area contributed by atoms with E-state index in [4.69, 9.17) is 5.73 Å². The lowest BCUT2D eigenvalue weighted by atomic mass is 9.75. The van der Waals surface area contributed by atoms with Gasteiger partial charge in [-0.2, -0.15) is 0 Å². The highest BCUT2D eigenvalue weighted by Gasteiger charge is 2.49. The monoisotopic (exact) mass is 517 g/mol. The van der Waals surface area contributed by atoms with Crippen LogP contribution in [-0.4, -0.2) is 79.0 Å². The molecule has 10 heteroatoms. The average molecular weight is 519 g/mol. The molecule has 7 nitrogen and oxygen atoms in total. The fraction of sp³-hybridized carbons (Fsp3) is 0.667. The third-order valence-electron chi connectivity index (χ3n) is 7.37. The Balaban J connectivity index is 0.00000204. The number of benzene rings is 1. The zero-order valence-corrected chi connectivity index (χ0v) is 21.7. The molecule has 0 bridgehead atoms. The second-order valence-corrected chi connectivity index (χ2v) is 10.3. The van der Waals surface area contributed by atoms with Crippen molar-refractivity contribution in [2.75, 3.05) is 50.7 Å². The van der Waals surface area contributed by atoms with Crippen LogP contribution in [0.5, 0.6) is 0 Å². The van der Waals surface area contributed by atoms with Crippen LogP contribution in [0.2, 0.25) is 0 Å².